The summed E-state index contributed by atoms with van der Waals surface area (Å²) in [4.78, 5) is 11.8. The second-order valence-corrected chi connectivity index (χ2v) is 4.40. The SMILES string of the molecule is Cc1ccc(NC(=O)CCc2ccccc2)cc1. The number of amides is 1. The third kappa shape index (κ3) is 3.74. The average Bonchev–Trinajstić information content (AvgIpc) is 2.40. The molecule has 0 spiro atoms. The van der Waals surface area contributed by atoms with Crippen LogP contribution in [0.4, 0.5) is 5.69 Å². The lowest BCUT2D eigenvalue weighted by molar-refractivity contribution is -0.116. The van der Waals surface area contributed by atoms with Gasteiger partial charge in [0.1, 0.15) is 0 Å². The summed E-state index contributed by atoms with van der Waals surface area (Å²) in [6, 6.07) is 17.9. The van der Waals surface area contributed by atoms with E-state index in [9.17, 15) is 4.79 Å². The monoisotopic (exact) mass is 239 g/mol. The van der Waals surface area contributed by atoms with Crippen molar-refractivity contribution in [3.63, 3.8) is 0 Å². The minimum absolute atomic E-state index is 0.0581. The predicted molar refractivity (Wildman–Crippen MR) is 74.6 cm³/mol. The smallest absolute Gasteiger partial charge is 0.224 e. The number of benzene rings is 2. The third-order valence-electron chi connectivity index (χ3n) is 2.82. The number of hydrogen-bond acceptors (Lipinski definition) is 1. The minimum Gasteiger partial charge on any atom is -0.326 e. The molecule has 0 aliphatic rings. The van der Waals surface area contributed by atoms with Crippen molar-refractivity contribution in [1.82, 2.24) is 0 Å². The van der Waals surface area contributed by atoms with E-state index in [1.54, 1.807) is 0 Å². The van der Waals surface area contributed by atoms with Gasteiger partial charge in [0, 0.05) is 12.1 Å². The van der Waals surface area contributed by atoms with Gasteiger partial charge in [0.15, 0.2) is 0 Å². The van der Waals surface area contributed by atoms with Crippen molar-refractivity contribution in [2.45, 2.75) is 19.8 Å². The van der Waals surface area contributed by atoms with Crippen LogP contribution in [0.1, 0.15) is 17.5 Å². The Morgan fingerprint density at radius 3 is 2.33 bits per heavy atom. The first-order chi connectivity index (χ1) is 8.74. The summed E-state index contributed by atoms with van der Waals surface area (Å²) in [7, 11) is 0. The predicted octanol–water partition coefficient (Wildman–Crippen LogP) is 3.57. The first kappa shape index (κ1) is 12.4. The molecular weight excluding hydrogens is 222 g/mol. The van der Waals surface area contributed by atoms with Crippen LogP contribution in [0.2, 0.25) is 0 Å². The highest BCUT2D eigenvalue weighted by molar-refractivity contribution is 5.90. The first-order valence-corrected chi connectivity index (χ1v) is 6.14. The number of aryl methyl sites for hydroxylation is 2. The Morgan fingerprint density at radius 1 is 1.00 bits per heavy atom. The van der Waals surface area contributed by atoms with Gasteiger partial charge in [-0.1, -0.05) is 48.0 Å². The molecule has 0 atom stereocenters. The summed E-state index contributed by atoms with van der Waals surface area (Å²) >= 11 is 0. The molecule has 2 rings (SSSR count). The topological polar surface area (TPSA) is 29.1 Å². The quantitative estimate of drug-likeness (QED) is 0.868. The summed E-state index contributed by atoms with van der Waals surface area (Å²) in [5, 5.41) is 2.90. The molecule has 0 fully saturated rings. The molecule has 0 aromatic heterocycles. The Hall–Kier alpha value is -2.09. The molecule has 1 N–H and O–H groups in total. The lowest BCUT2D eigenvalue weighted by Gasteiger charge is -2.05. The standard InChI is InChI=1S/C16H17NO/c1-13-7-10-15(11-8-13)17-16(18)12-9-14-5-3-2-4-6-14/h2-8,10-11H,9,12H2,1H3,(H,17,18). The maximum Gasteiger partial charge on any atom is 0.224 e. The number of anilines is 1. The molecule has 0 radical (unpaired) electrons. The van der Waals surface area contributed by atoms with Crippen LogP contribution in [0.5, 0.6) is 0 Å². The highest BCUT2D eigenvalue weighted by Crippen LogP contribution is 2.10. The summed E-state index contributed by atoms with van der Waals surface area (Å²) in [5.41, 5.74) is 3.24. The number of carbonyl (C=O) groups is 1. The fourth-order valence-electron chi connectivity index (χ4n) is 1.76. The van der Waals surface area contributed by atoms with Crippen LogP contribution in [0, 0.1) is 6.92 Å². The van der Waals surface area contributed by atoms with Crippen LogP contribution in [-0.2, 0) is 11.2 Å². The van der Waals surface area contributed by atoms with E-state index in [0.29, 0.717) is 6.42 Å². The van der Waals surface area contributed by atoms with Gasteiger partial charge in [-0.25, -0.2) is 0 Å². The Labute approximate surface area is 108 Å². The van der Waals surface area contributed by atoms with E-state index in [1.807, 2.05) is 61.5 Å². The Bertz CT molecular complexity index is 502. The highest BCUT2D eigenvalue weighted by Gasteiger charge is 2.02. The molecule has 2 nitrogen and oxygen atoms in total. The molecular formula is C16H17NO. The molecule has 2 aromatic carbocycles. The molecule has 0 unspecified atom stereocenters. The van der Waals surface area contributed by atoms with E-state index in [0.717, 1.165) is 12.1 Å². The second kappa shape index (κ2) is 6.01. The number of hydrogen-bond donors (Lipinski definition) is 1. The van der Waals surface area contributed by atoms with Crippen molar-refractivity contribution in [2.75, 3.05) is 5.32 Å². The van der Waals surface area contributed by atoms with Crippen LogP contribution in [0.25, 0.3) is 0 Å². The van der Waals surface area contributed by atoms with Crippen molar-refractivity contribution < 1.29 is 4.79 Å². The lowest BCUT2D eigenvalue weighted by atomic mass is 10.1. The molecule has 18 heavy (non-hydrogen) atoms. The van der Waals surface area contributed by atoms with Crippen molar-refractivity contribution in [2.24, 2.45) is 0 Å². The van der Waals surface area contributed by atoms with E-state index in [-0.39, 0.29) is 5.91 Å². The summed E-state index contributed by atoms with van der Waals surface area (Å²) in [5.74, 6) is 0.0581. The van der Waals surface area contributed by atoms with Gasteiger partial charge in [0.05, 0.1) is 0 Å². The fraction of sp³-hybridized carbons (Fsp3) is 0.188. The van der Waals surface area contributed by atoms with Crippen molar-refractivity contribution in [3.05, 3.63) is 65.7 Å². The molecule has 0 bridgehead atoms. The molecule has 0 aliphatic heterocycles. The van der Waals surface area contributed by atoms with Crippen LogP contribution in [0.3, 0.4) is 0 Å². The minimum atomic E-state index is 0.0581. The lowest BCUT2D eigenvalue weighted by Crippen LogP contribution is -2.12. The van der Waals surface area contributed by atoms with Gasteiger partial charge in [-0.2, -0.15) is 0 Å². The van der Waals surface area contributed by atoms with Gasteiger partial charge < -0.3 is 5.32 Å². The van der Waals surface area contributed by atoms with Crippen LogP contribution < -0.4 is 5.32 Å². The Kier molecular flexibility index (Phi) is 4.13. The van der Waals surface area contributed by atoms with Crippen molar-refractivity contribution in [3.8, 4) is 0 Å². The van der Waals surface area contributed by atoms with Crippen LogP contribution in [0.15, 0.2) is 54.6 Å². The van der Waals surface area contributed by atoms with E-state index in [1.165, 1.54) is 11.1 Å². The maximum atomic E-state index is 11.8. The van der Waals surface area contributed by atoms with Gasteiger partial charge in [0.2, 0.25) is 5.91 Å². The zero-order chi connectivity index (χ0) is 12.8. The van der Waals surface area contributed by atoms with E-state index in [4.69, 9.17) is 0 Å². The Morgan fingerprint density at radius 2 is 1.67 bits per heavy atom. The number of rotatable bonds is 4. The maximum absolute atomic E-state index is 11.8. The van der Waals surface area contributed by atoms with E-state index in [2.05, 4.69) is 5.32 Å². The molecule has 0 saturated carbocycles. The number of nitrogens with one attached hydrogen (secondary N) is 1. The molecule has 0 aliphatic carbocycles. The molecule has 2 aromatic rings. The largest absolute Gasteiger partial charge is 0.326 e. The van der Waals surface area contributed by atoms with Gasteiger partial charge in [-0.15, -0.1) is 0 Å². The van der Waals surface area contributed by atoms with Gasteiger partial charge >= 0.3 is 0 Å². The molecule has 0 saturated heterocycles. The first-order valence-electron chi connectivity index (χ1n) is 6.14. The summed E-state index contributed by atoms with van der Waals surface area (Å²) in [6.45, 7) is 2.03. The second-order valence-electron chi connectivity index (χ2n) is 4.40. The zero-order valence-electron chi connectivity index (χ0n) is 10.5. The molecule has 2 heteroatoms. The van der Waals surface area contributed by atoms with E-state index >= 15 is 0 Å². The van der Waals surface area contributed by atoms with Gasteiger partial charge in [-0.3, -0.25) is 4.79 Å². The Balaban J connectivity index is 1.84. The molecule has 1 amide bonds. The van der Waals surface area contributed by atoms with E-state index < -0.39 is 0 Å². The van der Waals surface area contributed by atoms with Crippen molar-refractivity contribution in [1.29, 1.82) is 0 Å². The zero-order valence-corrected chi connectivity index (χ0v) is 10.5. The fourth-order valence-corrected chi connectivity index (χ4v) is 1.76. The highest BCUT2D eigenvalue weighted by atomic mass is 16.1. The third-order valence-corrected chi connectivity index (χ3v) is 2.82. The normalized spacial score (nSPS) is 10.1. The van der Waals surface area contributed by atoms with Crippen LogP contribution >= 0.6 is 0 Å². The average molecular weight is 239 g/mol. The van der Waals surface area contributed by atoms with Crippen LogP contribution in [-0.4, -0.2) is 5.91 Å². The summed E-state index contributed by atoms with van der Waals surface area (Å²) in [6.07, 6.45) is 1.29. The molecule has 0 heterocycles. The van der Waals surface area contributed by atoms with Crippen molar-refractivity contribution >= 4 is 11.6 Å². The van der Waals surface area contributed by atoms with Gasteiger partial charge in [0.25, 0.3) is 0 Å². The molecule has 92 valence electrons. The summed E-state index contributed by atoms with van der Waals surface area (Å²) < 4.78 is 0. The number of carbonyl (C=O) groups excluding carboxylic acids is 1. The van der Waals surface area contributed by atoms with Gasteiger partial charge in [-0.05, 0) is 31.0 Å².